The molecule has 1 amide bonds. The highest BCUT2D eigenvalue weighted by Crippen LogP contribution is 2.45. The zero-order chi connectivity index (χ0) is 24.7. The quantitative estimate of drug-likeness (QED) is 0.221. The number of nitrogens with zero attached hydrogens (tertiary/aromatic N) is 1. The lowest BCUT2D eigenvalue weighted by Crippen LogP contribution is -2.29. The van der Waals surface area contributed by atoms with Crippen LogP contribution in [-0.2, 0) is 9.59 Å². The normalized spacial score (nSPS) is 17.3. The Hall–Kier alpha value is -4.32. The van der Waals surface area contributed by atoms with Gasteiger partial charge in [0, 0.05) is 40.0 Å². The van der Waals surface area contributed by atoms with Crippen molar-refractivity contribution in [3.05, 3.63) is 101 Å². The van der Waals surface area contributed by atoms with E-state index >= 15 is 0 Å². The molecule has 2 heterocycles. The number of rotatable bonds is 5. The first-order chi connectivity index (χ1) is 16.9. The van der Waals surface area contributed by atoms with E-state index in [4.69, 9.17) is 4.74 Å². The molecule has 3 aromatic carbocycles. The molecule has 0 radical (unpaired) electrons. The molecule has 0 aliphatic carbocycles. The zero-order valence-electron chi connectivity index (χ0n) is 19.8. The lowest BCUT2D eigenvalue weighted by Gasteiger charge is -2.25. The first-order valence-corrected chi connectivity index (χ1v) is 11.6. The van der Waals surface area contributed by atoms with Crippen LogP contribution in [0, 0.1) is 13.8 Å². The number of hydrogen-bond acceptors (Lipinski definition) is 4. The number of carbonyl (C=O) groups is 2. The van der Waals surface area contributed by atoms with Crippen LogP contribution in [0.5, 0.6) is 5.75 Å². The van der Waals surface area contributed by atoms with E-state index in [0.29, 0.717) is 23.6 Å². The van der Waals surface area contributed by atoms with Gasteiger partial charge in [-0.3, -0.25) is 14.5 Å². The summed E-state index contributed by atoms with van der Waals surface area (Å²) in [4.78, 5) is 31.7. The topological polar surface area (TPSA) is 82.6 Å². The highest BCUT2D eigenvalue weighted by molar-refractivity contribution is 6.52. The van der Waals surface area contributed by atoms with Crippen molar-refractivity contribution in [2.24, 2.45) is 0 Å². The fraction of sp³-hybridized carbons (Fsp3) is 0.172. The number of aromatic nitrogens is 1. The number of benzene rings is 3. The predicted molar refractivity (Wildman–Crippen MR) is 137 cm³/mol. The number of carbonyl (C=O) groups excluding carboxylic acids is 2. The SMILES string of the molecule is CCOc1cccc(N2C(=O)C(=O)/C(=C(/O)c3cc(C)ccc3C)C2c2c[nH]c3ccccc23)c1. The van der Waals surface area contributed by atoms with Gasteiger partial charge >= 0.3 is 0 Å². The van der Waals surface area contributed by atoms with Gasteiger partial charge in [-0.2, -0.15) is 0 Å². The molecule has 2 N–H and O–H groups in total. The molecule has 0 bridgehead atoms. The third-order valence-corrected chi connectivity index (χ3v) is 6.42. The third kappa shape index (κ3) is 3.77. The molecular formula is C29H26N2O4. The number of fused-ring (bicyclic) bond motifs is 1. The van der Waals surface area contributed by atoms with Crippen LogP contribution in [0.4, 0.5) is 5.69 Å². The molecule has 6 nitrogen and oxygen atoms in total. The van der Waals surface area contributed by atoms with Gasteiger partial charge in [-0.25, -0.2) is 0 Å². The van der Waals surface area contributed by atoms with Crippen LogP contribution < -0.4 is 9.64 Å². The van der Waals surface area contributed by atoms with Crippen molar-refractivity contribution < 1.29 is 19.4 Å². The molecule has 1 aliphatic rings. The van der Waals surface area contributed by atoms with Crippen LogP contribution in [0.1, 0.15) is 35.2 Å². The molecule has 1 saturated heterocycles. The monoisotopic (exact) mass is 466 g/mol. The summed E-state index contributed by atoms with van der Waals surface area (Å²) in [6, 6.07) is 19.7. The van der Waals surface area contributed by atoms with E-state index in [-0.39, 0.29) is 11.3 Å². The Morgan fingerprint density at radius 3 is 2.63 bits per heavy atom. The largest absolute Gasteiger partial charge is 0.507 e. The maximum absolute atomic E-state index is 13.5. The highest BCUT2D eigenvalue weighted by Gasteiger charge is 2.48. The van der Waals surface area contributed by atoms with Crippen molar-refractivity contribution in [2.75, 3.05) is 11.5 Å². The Labute approximate surface area is 203 Å². The van der Waals surface area contributed by atoms with E-state index in [9.17, 15) is 14.7 Å². The average molecular weight is 467 g/mol. The van der Waals surface area contributed by atoms with Gasteiger partial charge in [0.05, 0.1) is 18.2 Å². The fourth-order valence-corrected chi connectivity index (χ4v) is 4.74. The van der Waals surface area contributed by atoms with E-state index in [2.05, 4.69) is 4.98 Å². The molecule has 0 spiro atoms. The van der Waals surface area contributed by atoms with Crippen molar-refractivity contribution in [3.8, 4) is 5.75 Å². The van der Waals surface area contributed by atoms with Gasteiger partial charge in [0.15, 0.2) is 0 Å². The number of nitrogens with one attached hydrogen (secondary N) is 1. The summed E-state index contributed by atoms with van der Waals surface area (Å²) in [6.45, 7) is 6.15. The van der Waals surface area contributed by atoms with Crippen molar-refractivity contribution in [3.63, 3.8) is 0 Å². The van der Waals surface area contributed by atoms with Gasteiger partial charge < -0.3 is 14.8 Å². The minimum Gasteiger partial charge on any atom is -0.507 e. The summed E-state index contributed by atoms with van der Waals surface area (Å²) >= 11 is 0. The number of ether oxygens (including phenoxy) is 1. The van der Waals surface area contributed by atoms with Gasteiger partial charge in [0.2, 0.25) is 0 Å². The Balaban J connectivity index is 1.78. The molecule has 4 aromatic rings. The molecule has 6 heteroatoms. The summed E-state index contributed by atoms with van der Waals surface area (Å²) in [5.74, 6) is -0.997. The Morgan fingerprint density at radius 1 is 1.03 bits per heavy atom. The lowest BCUT2D eigenvalue weighted by atomic mass is 9.93. The molecule has 1 fully saturated rings. The standard InChI is InChI=1S/C29H26N2O4/c1-4-35-20-9-7-8-19(15-20)31-26(23-16-30-24-11-6-5-10-21(23)24)25(28(33)29(31)34)27(32)22-14-17(2)12-13-18(22)3/h5-16,26,30,32H,4H2,1-3H3/b27-25+. The van der Waals surface area contributed by atoms with E-state index in [1.807, 2.05) is 63.2 Å². The number of H-pyrrole nitrogens is 1. The number of aliphatic hydroxyl groups is 1. The molecule has 5 rings (SSSR count). The van der Waals surface area contributed by atoms with E-state index in [0.717, 1.165) is 27.6 Å². The smallest absolute Gasteiger partial charge is 0.300 e. The number of para-hydroxylation sites is 1. The van der Waals surface area contributed by atoms with Crippen LogP contribution >= 0.6 is 0 Å². The Morgan fingerprint density at radius 2 is 1.83 bits per heavy atom. The number of Topliss-reactive ketones (excluding diaryl/α,β-unsaturated/α-hetero) is 1. The molecule has 1 atom stereocenters. The summed E-state index contributed by atoms with van der Waals surface area (Å²) in [5.41, 5.74) is 4.49. The molecule has 1 unspecified atom stereocenters. The van der Waals surface area contributed by atoms with Crippen molar-refractivity contribution >= 4 is 34.0 Å². The number of anilines is 1. The minimum absolute atomic E-state index is 0.0651. The summed E-state index contributed by atoms with van der Waals surface area (Å²) in [5, 5.41) is 12.4. The number of ketones is 1. The van der Waals surface area contributed by atoms with Crippen molar-refractivity contribution in [1.29, 1.82) is 0 Å². The van der Waals surface area contributed by atoms with Crippen LogP contribution in [0.3, 0.4) is 0 Å². The second-order valence-electron chi connectivity index (χ2n) is 8.71. The van der Waals surface area contributed by atoms with Gasteiger partial charge in [0.1, 0.15) is 11.5 Å². The van der Waals surface area contributed by atoms with Gasteiger partial charge in [-0.05, 0) is 50.6 Å². The van der Waals surface area contributed by atoms with Crippen molar-refractivity contribution in [1.82, 2.24) is 4.98 Å². The second-order valence-corrected chi connectivity index (χ2v) is 8.71. The molecule has 1 aromatic heterocycles. The van der Waals surface area contributed by atoms with E-state index in [1.54, 1.807) is 30.5 Å². The average Bonchev–Trinajstić information content (AvgIpc) is 3.39. The van der Waals surface area contributed by atoms with Gasteiger partial charge in [0.25, 0.3) is 11.7 Å². The number of aliphatic hydroxyl groups excluding tert-OH is 1. The minimum atomic E-state index is -0.817. The third-order valence-electron chi connectivity index (χ3n) is 6.42. The first-order valence-electron chi connectivity index (χ1n) is 11.6. The fourth-order valence-electron chi connectivity index (χ4n) is 4.74. The Bertz CT molecular complexity index is 1500. The van der Waals surface area contributed by atoms with Crippen LogP contribution in [-0.4, -0.2) is 28.4 Å². The van der Waals surface area contributed by atoms with Crippen molar-refractivity contribution in [2.45, 2.75) is 26.8 Å². The van der Waals surface area contributed by atoms with Gasteiger partial charge in [-0.1, -0.05) is 42.0 Å². The van der Waals surface area contributed by atoms with E-state index in [1.165, 1.54) is 4.90 Å². The summed E-state index contributed by atoms with van der Waals surface area (Å²) in [7, 11) is 0. The number of amides is 1. The summed E-state index contributed by atoms with van der Waals surface area (Å²) < 4.78 is 5.65. The first kappa shape index (κ1) is 22.5. The maximum atomic E-state index is 13.5. The second kappa shape index (κ2) is 8.80. The molecule has 176 valence electrons. The zero-order valence-corrected chi connectivity index (χ0v) is 19.8. The highest BCUT2D eigenvalue weighted by atomic mass is 16.5. The van der Waals surface area contributed by atoms with Crippen LogP contribution in [0.15, 0.2) is 78.5 Å². The molecular weight excluding hydrogens is 440 g/mol. The van der Waals surface area contributed by atoms with E-state index < -0.39 is 17.7 Å². The van der Waals surface area contributed by atoms with Crippen LogP contribution in [0.2, 0.25) is 0 Å². The Kier molecular flexibility index (Phi) is 5.65. The lowest BCUT2D eigenvalue weighted by molar-refractivity contribution is -0.132. The molecule has 1 aliphatic heterocycles. The summed E-state index contributed by atoms with van der Waals surface area (Å²) in [6.07, 6.45) is 1.80. The predicted octanol–water partition coefficient (Wildman–Crippen LogP) is 5.81. The molecule has 0 saturated carbocycles. The number of aromatic amines is 1. The molecule has 35 heavy (non-hydrogen) atoms. The number of aryl methyl sites for hydroxylation is 2. The van der Waals surface area contributed by atoms with Crippen LogP contribution in [0.25, 0.3) is 16.7 Å². The number of hydrogen-bond donors (Lipinski definition) is 2. The van der Waals surface area contributed by atoms with Gasteiger partial charge in [-0.15, -0.1) is 0 Å². The maximum Gasteiger partial charge on any atom is 0.300 e.